The van der Waals surface area contributed by atoms with Crippen LogP contribution >= 0.6 is 23.2 Å². The molecule has 0 aliphatic carbocycles. The molecule has 2 aromatic heterocycles. The van der Waals surface area contributed by atoms with Crippen LogP contribution in [0.5, 0.6) is 5.75 Å². The van der Waals surface area contributed by atoms with Gasteiger partial charge < -0.3 is 24.0 Å². The van der Waals surface area contributed by atoms with E-state index in [1.54, 1.807) is 34.0 Å². The minimum absolute atomic E-state index is 0.149. The molecule has 0 bridgehead atoms. The van der Waals surface area contributed by atoms with Crippen LogP contribution in [-0.2, 0) is 28.4 Å². The van der Waals surface area contributed by atoms with Gasteiger partial charge in [0, 0.05) is 66.1 Å². The third kappa shape index (κ3) is 8.83. The van der Waals surface area contributed by atoms with Gasteiger partial charge in [0.1, 0.15) is 44.0 Å². The predicted molar refractivity (Wildman–Crippen MR) is 206 cm³/mol. The van der Waals surface area contributed by atoms with Gasteiger partial charge in [0.2, 0.25) is 5.79 Å². The third-order valence-electron chi connectivity index (χ3n) is 9.62. The molecule has 0 spiro atoms. The summed E-state index contributed by atoms with van der Waals surface area (Å²) in [5, 5.41) is 13.1. The predicted octanol–water partition coefficient (Wildman–Crippen LogP) is 6.48. The average molecular weight is 775 g/mol. The van der Waals surface area contributed by atoms with Crippen LogP contribution in [0.4, 0.5) is 11.4 Å². The van der Waals surface area contributed by atoms with Crippen LogP contribution in [0.15, 0.2) is 95.6 Å². The average Bonchev–Trinajstić information content (AvgIpc) is 3.95. The van der Waals surface area contributed by atoms with E-state index in [-0.39, 0.29) is 18.3 Å². The summed E-state index contributed by atoms with van der Waals surface area (Å²) in [7, 11) is 0. The molecule has 0 saturated carbocycles. The number of ether oxygens (including phenoxy) is 3. The molecule has 0 N–H and O–H groups in total. The Morgan fingerprint density at radius 3 is 2.28 bits per heavy atom. The van der Waals surface area contributed by atoms with Crippen molar-refractivity contribution in [2.45, 2.75) is 50.7 Å². The molecular formula is C37H41Cl2N11O4. The van der Waals surface area contributed by atoms with Crippen molar-refractivity contribution in [2.24, 2.45) is 5.11 Å². The lowest BCUT2D eigenvalue weighted by Crippen LogP contribution is -2.46. The van der Waals surface area contributed by atoms with Crippen molar-refractivity contribution in [2.75, 3.05) is 55.7 Å². The molecule has 15 nitrogen and oxygen atoms in total. The Kier molecular flexibility index (Phi) is 12.0. The normalized spacial score (nSPS) is 18.5. The number of nitrogens with zero attached hydrogens (tertiary/aromatic N) is 11. The number of piperazine rings is 1. The summed E-state index contributed by atoms with van der Waals surface area (Å²) in [6.45, 7) is 5.41. The lowest BCUT2D eigenvalue weighted by molar-refractivity contribution is -0.190. The van der Waals surface area contributed by atoms with Gasteiger partial charge in [-0.3, -0.25) is 0 Å². The molecule has 4 heterocycles. The Morgan fingerprint density at radius 2 is 1.59 bits per heavy atom. The SMILES string of the molecule is [N-]=[N+]=NCCCCCCn1ncn(-c2ccc(N3CCN(c4ccc(OC[C@@H]5CO[C@@](Cn6cncn6)(c6ccc(Cl)cc6Cl)O5)cc4)CC3)cc2)c1=O. The Hall–Kier alpha value is -5.05. The van der Waals surface area contributed by atoms with Crippen LogP contribution in [0, 0.1) is 0 Å². The Labute approximate surface area is 322 Å². The summed E-state index contributed by atoms with van der Waals surface area (Å²) in [6, 6.07) is 21.4. The minimum Gasteiger partial charge on any atom is -0.491 e. The fraction of sp³-hybridized carbons (Fsp3) is 0.405. The number of benzene rings is 3. The lowest BCUT2D eigenvalue weighted by atomic mass is 10.1. The van der Waals surface area contributed by atoms with Gasteiger partial charge in [-0.15, -0.1) is 0 Å². The molecular weight excluding hydrogens is 733 g/mol. The van der Waals surface area contributed by atoms with Gasteiger partial charge in [-0.2, -0.15) is 10.2 Å². The number of unbranched alkanes of at least 4 members (excludes halogenated alkanes) is 3. The zero-order chi connectivity index (χ0) is 37.3. The molecule has 2 fully saturated rings. The molecule has 2 aliphatic heterocycles. The second-order valence-electron chi connectivity index (χ2n) is 13.2. The van der Waals surface area contributed by atoms with E-state index in [1.807, 2.05) is 30.3 Å². The number of halogens is 2. The van der Waals surface area contributed by atoms with Gasteiger partial charge in [0.15, 0.2) is 0 Å². The van der Waals surface area contributed by atoms with Crippen molar-refractivity contribution in [3.8, 4) is 11.4 Å². The molecule has 0 radical (unpaired) electrons. The maximum atomic E-state index is 13.0. The van der Waals surface area contributed by atoms with E-state index >= 15 is 0 Å². The number of azide groups is 1. The summed E-state index contributed by atoms with van der Waals surface area (Å²) in [4.78, 5) is 24.5. The monoisotopic (exact) mass is 773 g/mol. The first kappa shape index (κ1) is 37.3. The van der Waals surface area contributed by atoms with Crippen molar-refractivity contribution in [3.63, 3.8) is 0 Å². The first-order chi connectivity index (χ1) is 26.4. The highest BCUT2D eigenvalue weighted by Gasteiger charge is 2.45. The molecule has 0 amide bonds. The highest BCUT2D eigenvalue weighted by Crippen LogP contribution is 2.40. The number of rotatable bonds is 16. The zero-order valence-corrected chi connectivity index (χ0v) is 31.2. The molecule has 17 heteroatoms. The summed E-state index contributed by atoms with van der Waals surface area (Å²) in [6.07, 6.45) is 7.91. The van der Waals surface area contributed by atoms with Crippen molar-refractivity contribution >= 4 is 34.6 Å². The maximum absolute atomic E-state index is 13.0. The van der Waals surface area contributed by atoms with E-state index in [0.29, 0.717) is 41.9 Å². The van der Waals surface area contributed by atoms with Gasteiger partial charge in [0.05, 0.1) is 17.3 Å². The van der Waals surface area contributed by atoms with Crippen LogP contribution in [0.2, 0.25) is 10.0 Å². The molecule has 54 heavy (non-hydrogen) atoms. The molecule has 2 saturated heterocycles. The first-order valence-corrected chi connectivity index (χ1v) is 18.7. The van der Waals surface area contributed by atoms with Gasteiger partial charge in [-0.1, -0.05) is 47.2 Å². The second-order valence-corrected chi connectivity index (χ2v) is 14.0. The number of anilines is 2. The van der Waals surface area contributed by atoms with Gasteiger partial charge >= 0.3 is 5.69 Å². The smallest absolute Gasteiger partial charge is 0.350 e. The summed E-state index contributed by atoms with van der Waals surface area (Å²) < 4.78 is 23.6. The Bertz CT molecular complexity index is 2080. The Morgan fingerprint density at radius 1 is 0.889 bits per heavy atom. The molecule has 2 aliphatic rings. The third-order valence-corrected chi connectivity index (χ3v) is 10.2. The number of hydrogen-bond acceptors (Lipinski definition) is 10. The fourth-order valence-corrected chi connectivity index (χ4v) is 7.33. The second kappa shape index (κ2) is 17.4. The van der Waals surface area contributed by atoms with Crippen LogP contribution in [-0.4, -0.2) is 81.2 Å². The number of aromatic nitrogens is 6. The van der Waals surface area contributed by atoms with Gasteiger partial charge in [-0.25, -0.2) is 23.7 Å². The van der Waals surface area contributed by atoms with Crippen LogP contribution < -0.4 is 20.2 Å². The molecule has 282 valence electrons. The van der Waals surface area contributed by atoms with Crippen molar-refractivity contribution in [1.82, 2.24) is 29.1 Å². The largest absolute Gasteiger partial charge is 0.491 e. The van der Waals surface area contributed by atoms with Crippen molar-refractivity contribution in [1.29, 1.82) is 0 Å². The standard InChI is InChI=1S/C37H41Cl2N11O4/c38-28-5-14-34(35(39)21-28)37(24-48-26-41-25-43-48)53-23-33(54-37)22-52-32-12-10-30(11-13-32)47-19-17-46(18-20-47)29-6-8-31(9-7-29)49-27-44-50(36(49)51)16-4-2-1-3-15-42-45-40/h5-14,21,25-27,33H,1-4,15-20,22-24H2/t33-,37-/m1/s1. The van der Waals surface area contributed by atoms with Crippen LogP contribution in [0.3, 0.4) is 0 Å². The lowest BCUT2D eigenvalue weighted by Gasteiger charge is -2.37. The van der Waals surface area contributed by atoms with E-state index < -0.39 is 5.79 Å². The van der Waals surface area contributed by atoms with E-state index in [2.05, 4.69) is 59.3 Å². The first-order valence-electron chi connectivity index (χ1n) is 18.0. The highest BCUT2D eigenvalue weighted by atomic mass is 35.5. The summed E-state index contributed by atoms with van der Waals surface area (Å²) >= 11 is 12.8. The van der Waals surface area contributed by atoms with Crippen molar-refractivity contribution in [3.05, 3.63) is 122 Å². The van der Waals surface area contributed by atoms with Gasteiger partial charge in [0.25, 0.3) is 0 Å². The zero-order valence-electron chi connectivity index (χ0n) is 29.7. The molecule has 2 atom stereocenters. The van der Waals surface area contributed by atoms with Crippen molar-refractivity contribution < 1.29 is 14.2 Å². The summed E-state index contributed by atoms with van der Waals surface area (Å²) in [5.74, 6) is -0.429. The van der Waals surface area contributed by atoms with E-state index in [0.717, 1.165) is 74.7 Å². The topological polar surface area (TPSA) is 153 Å². The molecule has 0 unspecified atom stereocenters. The quantitative estimate of drug-likeness (QED) is 0.0475. The fourth-order valence-electron chi connectivity index (χ4n) is 6.78. The van der Waals surface area contributed by atoms with Gasteiger partial charge in [-0.05, 0) is 79.0 Å². The molecule has 7 rings (SSSR count). The molecule has 3 aromatic carbocycles. The Balaban J connectivity index is 0.879. The number of hydrogen-bond donors (Lipinski definition) is 0. The number of aryl methyl sites for hydroxylation is 1. The van der Waals surface area contributed by atoms with E-state index in [1.165, 1.54) is 11.0 Å². The van der Waals surface area contributed by atoms with E-state index in [4.69, 9.17) is 42.9 Å². The minimum atomic E-state index is -1.17. The highest BCUT2D eigenvalue weighted by molar-refractivity contribution is 6.35. The van der Waals surface area contributed by atoms with E-state index in [9.17, 15) is 4.79 Å². The summed E-state index contributed by atoms with van der Waals surface area (Å²) in [5.41, 5.74) is 11.9. The van der Waals surface area contributed by atoms with Crippen LogP contribution in [0.25, 0.3) is 16.1 Å². The maximum Gasteiger partial charge on any atom is 0.350 e. The molecule has 5 aromatic rings. The van der Waals surface area contributed by atoms with Crippen LogP contribution in [0.1, 0.15) is 31.2 Å².